The quantitative estimate of drug-likeness (QED) is 0.546. The summed E-state index contributed by atoms with van der Waals surface area (Å²) in [6.07, 6.45) is -0.482. The number of nitrogens with two attached hydrogens (primary N) is 1. The van der Waals surface area contributed by atoms with Crippen LogP contribution in [0.1, 0.15) is 13.8 Å². The molecule has 0 spiro atoms. The van der Waals surface area contributed by atoms with Gasteiger partial charge in [0.25, 0.3) is 0 Å². The van der Waals surface area contributed by atoms with Crippen molar-refractivity contribution in [1.29, 1.82) is 0 Å². The number of carbonyl (C=O) groups is 1. The van der Waals surface area contributed by atoms with Crippen molar-refractivity contribution in [2.45, 2.75) is 32.1 Å². The molecule has 0 heterocycles. The fourth-order valence-corrected chi connectivity index (χ4v) is 1.65. The topological polar surface area (TPSA) is 92.8 Å². The average Bonchev–Trinajstić information content (AvgIpc) is 2.14. The Balaban J connectivity index is 3.46. The minimum atomic E-state index is -1.02. The third-order valence-corrected chi connectivity index (χ3v) is 2.76. The summed E-state index contributed by atoms with van der Waals surface area (Å²) < 4.78 is 5.20. The molecule has 0 aromatic carbocycles. The average molecular weight is 237 g/mol. The normalized spacial score (nSPS) is 15.3. The van der Waals surface area contributed by atoms with Crippen LogP contribution in [0, 0.1) is 0 Å². The van der Waals surface area contributed by atoms with Crippen molar-refractivity contribution < 1.29 is 19.7 Å². The Kier molecular flexibility index (Phi) is 7.76. The summed E-state index contributed by atoms with van der Waals surface area (Å²) in [7, 11) is 0. The Morgan fingerprint density at radius 3 is 2.53 bits per heavy atom. The maximum Gasteiger partial charge on any atom is 0.321 e. The van der Waals surface area contributed by atoms with Crippen LogP contribution in [0.2, 0.25) is 0 Å². The lowest BCUT2D eigenvalue weighted by Crippen LogP contribution is -2.33. The van der Waals surface area contributed by atoms with Crippen LogP contribution in [0.4, 0.5) is 0 Å². The number of carboxylic acid groups (broad SMARTS) is 1. The number of hydrogen-bond acceptors (Lipinski definition) is 5. The zero-order valence-electron chi connectivity index (χ0n) is 9.05. The van der Waals surface area contributed by atoms with Crippen LogP contribution >= 0.6 is 11.8 Å². The second-order valence-electron chi connectivity index (χ2n) is 3.52. The van der Waals surface area contributed by atoms with E-state index in [1.54, 1.807) is 0 Å². The maximum atomic E-state index is 10.4. The Bertz CT molecular complexity index is 189. The van der Waals surface area contributed by atoms with Crippen molar-refractivity contribution in [3.05, 3.63) is 0 Å². The van der Waals surface area contributed by atoms with Crippen molar-refractivity contribution in [3.8, 4) is 0 Å². The molecule has 5 nitrogen and oxygen atoms in total. The first kappa shape index (κ1) is 14.7. The number of thioether (sulfide) groups is 1. The molecular formula is C9H19NO4S. The molecule has 0 saturated heterocycles. The molecule has 0 bridgehead atoms. The van der Waals surface area contributed by atoms with Crippen LogP contribution < -0.4 is 5.73 Å². The molecule has 2 atom stereocenters. The van der Waals surface area contributed by atoms with Crippen molar-refractivity contribution in [2.75, 3.05) is 18.1 Å². The molecule has 0 rings (SSSR count). The number of aliphatic hydroxyl groups is 1. The van der Waals surface area contributed by atoms with E-state index in [2.05, 4.69) is 0 Å². The summed E-state index contributed by atoms with van der Waals surface area (Å²) in [5, 5.41) is 17.9. The number of hydrogen-bond donors (Lipinski definition) is 3. The Hall–Kier alpha value is -0.300. The molecule has 0 saturated carbocycles. The maximum absolute atomic E-state index is 10.4. The molecule has 0 aromatic heterocycles. The van der Waals surface area contributed by atoms with E-state index >= 15 is 0 Å². The molecule has 1 unspecified atom stereocenters. The van der Waals surface area contributed by atoms with E-state index in [-0.39, 0.29) is 12.7 Å². The summed E-state index contributed by atoms with van der Waals surface area (Å²) in [5.74, 6) is -0.280. The summed E-state index contributed by atoms with van der Waals surface area (Å²) in [6.45, 7) is 4.05. The Morgan fingerprint density at radius 2 is 2.07 bits per heavy atom. The van der Waals surface area contributed by atoms with E-state index in [1.807, 2.05) is 13.8 Å². The van der Waals surface area contributed by atoms with Gasteiger partial charge >= 0.3 is 5.97 Å². The number of ether oxygens (including phenoxy) is 1. The predicted molar refractivity (Wildman–Crippen MR) is 60.0 cm³/mol. The van der Waals surface area contributed by atoms with Crippen LogP contribution in [0.3, 0.4) is 0 Å². The summed E-state index contributed by atoms with van der Waals surface area (Å²) in [4.78, 5) is 10.4. The van der Waals surface area contributed by atoms with Crippen molar-refractivity contribution in [2.24, 2.45) is 5.73 Å². The molecule has 0 amide bonds. The molecule has 0 aliphatic heterocycles. The van der Waals surface area contributed by atoms with Gasteiger partial charge in [0, 0.05) is 11.5 Å². The monoisotopic (exact) mass is 237 g/mol. The van der Waals surface area contributed by atoms with Crippen molar-refractivity contribution >= 4 is 17.7 Å². The van der Waals surface area contributed by atoms with E-state index in [9.17, 15) is 9.90 Å². The molecule has 6 heteroatoms. The third kappa shape index (κ3) is 8.68. The highest BCUT2D eigenvalue weighted by Gasteiger charge is 2.12. The second-order valence-corrected chi connectivity index (χ2v) is 4.59. The largest absolute Gasteiger partial charge is 0.480 e. The number of rotatable bonds is 8. The summed E-state index contributed by atoms with van der Waals surface area (Å²) in [5.41, 5.74) is 5.29. The lowest BCUT2D eigenvalue weighted by Gasteiger charge is -2.13. The highest BCUT2D eigenvalue weighted by atomic mass is 32.2. The van der Waals surface area contributed by atoms with Crippen LogP contribution in [-0.2, 0) is 9.53 Å². The van der Waals surface area contributed by atoms with Crippen molar-refractivity contribution in [3.63, 3.8) is 0 Å². The van der Waals surface area contributed by atoms with E-state index in [1.165, 1.54) is 11.8 Å². The first-order valence-electron chi connectivity index (χ1n) is 4.79. The van der Waals surface area contributed by atoms with Crippen LogP contribution in [0.15, 0.2) is 0 Å². The minimum absolute atomic E-state index is 0.0888. The second kappa shape index (κ2) is 7.92. The number of carboxylic acids is 1. The lowest BCUT2D eigenvalue weighted by atomic mass is 10.4. The zero-order chi connectivity index (χ0) is 11.8. The molecule has 90 valence electrons. The van der Waals surface area contributed by atoms with Crippen LogP contribution in [0.25, 0.3) is 0 Å². The SMILES string of the molecule is CC(C)OCC(O)CSC[C@@H](N)C(=O)O. The van der Waals surface area contributed by atoms with Gasteiger partial charge in [0.1, 0.15) is 6.04 Å². The van der Waals surface area contributed by atoms with Gasteiger partial charge in [-0.1, -0.05) is 0 Å². The minimum Gasteiger partial charge on any atom is -0.480 e. The fourth-order valence-electron chi connectivity index (χ4n) is 0.754. The van der Waals surface area contributed by atoms with Gasteiger partial charge in [-0.3, -0.25) is 4.79 Å². The Labute approximate surface area is 94.0 Å². The van der Waals surface area contributed by atoms with Gasteiger partial charge < -0.3 is 20.7 Å². The predicted octanol–water partition coefficient (Wildman–Crippen LogP) is -0.0826. The molecule has 0 radical (unpaired) electrons. The van der Waals surface area contributed by atoms with Gasteiger partial charge in [0.2, 0.25) is 0 Å². The number of aliphatic hydroxyl groups excluding tert-OH is 1. The first-order chi connectivity index (χ1) is 6.93. The van der Waals surface area contributed by atoms with Gasteiger partial charge in [-0.2, -0.15) is 11.8 Å². The summed E-state index contributed by atoms with van der Waals surface area (Å²) in [6, 6.07) is -0.867. The van der Waals surface area contributed by atoms with Crippen LogP contribution in [-0.4, -0.2) is 52.5 Å². The molecule has 0 aliphatic carbocycles. The standard InChI is InChI=1S/C9H19NO4S/c1-6(2)14-3-7(11)4-15-5-8(10)9(12)13/h6-8,11H,3-5,10H2,1-2H3,(H,12,13)/t7?,8-/m1/s1. The van der Waals surface area contributed by atoms with E-state index in [4.69, 9.17) is 15.6 Å². The van der Waals surface area contributed by atoms with Gasteiger partial charge in [-0.15, -0.1) is 0 Å². The zero-order valence-corrected chi connectivity index (χ0v) is 9.87. The smallest absolute Gasteiger partial charge is 0.321 e. The highest BCUT2D eigenvalue weighted by Crippen LogP contribution is 2.05. The molecule has 0 fully saturated rings. The molecular weight excluding hydrogens is 218 g/mol. The Morgan fingerprint density at radius 1 is 1.47 bits per heavy atom. The van der Waals surface area contributed by atoms with E-state index in [0.717, 1.165) is 0 Å². The van der Waals surface area contributed by atoms with Gasteiger partial charge in [-0.05, 0) is 13.8 Å². The van der Waals surface area contributed by atoms with Gasteiger partial charge in [0.15, 0.2) is 0 Å². The lowest BCUT2D eigenvalue weighted by molar-refractivity contribution is -0.137. The van der Waals surface area contributed by atoms with Crippen LogP contribution in [0.5, 0.6) is 0 Å². The molecule has 4 N–H and O–H groups in total. The first-order valence-corrected chi connectivity index (χ1v) is 5.94. The molecule has 15 heavy (non-hydrogen) atoms. The number of aliphatic carboxylic acids is 1. The van der Waals surface area contributed by atoms with E-state index in [0.29, 0.717) is 11.5 Å². The van der Waals surface area contributed by atoms with E-state index < -0.39 is 18.1 Å². The third-order valence-electron chi connectivity index (χ3n) is 1.55. The van der Waals surface area contributed by atoms with Gasteiger partial charge in [0.05, 0.1) is 18.8 Å². The van der Waals surface area contributed by atoms with Gasteiger partial charge in [-0.25, -0.2) is 0 Å². The fraction of sp³-hybridized carbons (Fsp3) is 0.889. The highest BCUT2D eigenvalue weighted by molar-refractivity contribution is 7.99. The summed E-state index contributed by atoms with van der Waals surface area (Å²) >= 11 is 1.31. The van der Waals surface area contributed by atoms with Crippen molar-refractivity contribution in [1.82, 2.24) is 0 Å². The molecule has 0 aliphatic rings. The molecule has 0 aromatic rings.